The highest BCUT2D eigenvalue weighted by Gasteiger charge is 2.25. The van der Waals surface area contributed by atoms with Crippen LogP contribution in [0.5, 0.6) is 0 Å². The van der Waals surface area contributed by atoms with Crippen molar-refractivity contribution in [1.29, 1.82) is 0 Å². The molecule has 2 atom stereocenters. The highest BCUT2D eigenvalue weighted by Crippen LogP contribution is 2.31. The van der Waals surface area contributed by atoms with Gasteiger partial charge in [0.1, 0.15) is 0 Å². The number of piperidine rings is 1. The van der Waals surface area contributed by atoms with Crippen molar-refractivity contribution in [2.24, 2.45) is 5.92 Å². The molecule has 0 radical (unpaired) electrons. The molecule has 118 valence electrons. The molecule has 1 N–H and O–H groups in total. The van der Waals surface area contributed by atoms with E-state index in [2.05, 4.69) is 57.0 Å². The number of rotatable bonds is 3. The summed E-state index contributed by atoms with van der Waals surface area (Å²) < 4.78 is 0. The number of hydrogen-bond acceptors (Lipinski definition) is 2. The highest BCUT2D eigenvalue weighted by atomic mass is 35.5. The summed E-state index contributed by atoms with van der Waals surface area (Å²) in [7, 11) is 0. The average molecular weight is 309 g/mol. The third kappa shape index (κ3) is 4.62. The van der Waals surface area contributed by atoms with Crippen LogP contribution in [0.1, 0.15) is 53.0 Å². The lowest BCUT2D eigenvalue weighted by Gasteiger charge is -2.40. The van der Waals surface area contributed by atoms with Gasteiger partial charge in [0.05, 0.1) is 0 Å². The molecule has 1 aromatic rings. The smallest absolute Gasteiger partial charge is 0.0415 e. The van der Waals surface area contributed by atoms with Crippen molar-refractivity contribution in [1.82, 2.24) is 5.32 Å². The summed E-state index contributed by atoms with van der Waals surface area (Å²) >= 11 is 6.22. The number of hydrogen-bond donors (Lipinski definition) is 1. The fourth-order valence-corrected chi connectivity index (χ4v) is 3.16. The lowest BCUT2D eigenvalue weighted by atomic mass is 9.93. The maximum Gasteiger partial charge on any atom is 0.0415 e. The van der Waals surface area contributed by atoms with Gasteiger partial charge in [-0.25, -0.2) is 0 Å². The van der Waals surface area contributed by atoms with Gasteiger partial charge in [-0.2, -0.15) is 0 Å². The molecule has 1 heterocycles. The number of halogens is 1. The molecule has 0 amide bonds. The standard InChI is InChI=1S/C18H29ClN2/c1-13-6-7-14(2)21(12-13)17-9-8-16(19)10-15(17)11-20-18(3,4)5/h8-10,13-14,20H,6-7,11-12H2,1-5H3. The maximum absolute atomic E-state index is 6.22. The molecular weight excluding hydrogens is 280 g/mol. The first-order valence-corrected chi connectivity index (χ1v) is 8.44. The molecule has 3 heteroatoms. The summed E-state index contributed by atoms with van der Waals surface area (Å²) in [5.41, 5.74) is 2.76. The molecule has 0 spiro atoms. The van der Waals surface area contributed by atoms with Crippen molar-refractivity contribution in [2.75, 3.05) is 11.4 Å². The predicted octanol–water partition coefficient (Wildman–Crippen LogP) is 4.85. The third-order valence-electron chi connectivity index (χ3n) is 4.28. The van der Waals surface area contributed by atoms with Crippen LogP contribution in [0.3, 0.4) is 0 Å². The van der Waals surface area contributed by atoms with E-state index in [1.54, 1.807) is 0 Å². The summed E-state index contributed by atoms with van der Waals surface area (Å²) in [5, 5.41) is 4.41. The Morgan fingerprint density at radius 1 is 1.24 bits per heavy atom. The van der Waals surface area contributed by atoms with Crippen molar-refractivity contribution in [3.8, 4) is 0 Å². The first-order chi connectivity index (χ1) is 9.76. The van der Waals surface area contributed by atoms with E-state index < -0.39 is 0 Å². The van der Waals surface area contributed by atoms with E-state index in [1.807, 2.05) is 6.07 Å². The van der Waals surface area contributed by atoms with Gasteiger partial charge in [0, 0.05) is 35.4 Å². The second-order valence-electron chi connectivity index (χ2n) is 7.56. The Morgan fingerprint density at radius 2 is 1.95 bits per heavy atom. The van der Waals surface area contributed by atoms with E-state index >= 15 is 0 Å². The minimum Gasteiger partial charge on any atom is -0.368 e. The highest BCUT2D eigenvalue weighted by molar-refractivity contribution is 6.30. The molecule has 1 aromatic carbocycles. The molecule has 0 saturated carbocycles. The SMILES string of the molecule is CC1CCC(C)N(c2ccc(Cl)cc2CNC(C)(C)C)C1. The molecule has 2 rings (SSSR count). The van der Waals surface area contributed by atoms with Crippen LogP contribution in [0.4, 0.5) is 5.69 Å². The Labute approximate surface area is 134 Å². The van der Waals surface area contributed by atoms with Crippen molar-refractivity contribution < 1.29 is 0 Å². The Kier molecular flexibility index (Phi) is 5.21. The van der Waals surface area contributed by atoms with Gasteiger partial charge >= 0.3 is 0 Å². The van der Waals surface area contributed by atoms with Gasteiger partial charge in [-0.3, -0.25) is 0 Å². The topological polar surface area (TPSA) is 15.3 Å². The second kappa shape index (κ2) is 6.58. The maximum atomic E-state index is 6.22. The monoisotopic (exact) mass is 308 g/mol. The van der Waals surface area contributed by atoms with Crippen molar-refractivity contribution in [2.45, 2.75) is 65.6 Å². The van der Waals surface area contributed by atoms with E-state index in [-0.39, 0.29) is 5.54 Å². The molecular formula is C18H29ClN2. The lowest BCUT2D eigenvalue weighted by Crippen LogP contribution is -2.42. The molecule has 2 nitrogen and oxygen atoms in total. The van der Waals surface area contributed by atoms with Gasteiger partial charge in [0.15, 0.2) is 0 Å². The van der Waals surface area contributed by atoms with Gasteiger partial charge in [0.2, 0.25) is 0 Å². The van der Waals surface area contributed by atoms with Gasteiger partial charge in [-0.05, 0) is 70.2 Å². The molecule has 1 aliphatic rings. The fourth-order valence-electron chi connectivity index (χ4n) is 2.96. The van der Waals surface area contributed by atoms with Crippen molar-refractivity contribution in [3.63, 3.8) is 0 Å². The van der Waals surface area contributed by atoms with E-state index in [0.29, 0.717) is 6.04 Å². The molecule has 0 bridgehead atoms. The van der Waals surface area contributed by atoms with Gasteiger partial charge < -0.3 is 10.2 Å². The van der Waals surface area contributed by atoms with E-state index in [1.165, 1.54) is 24.1 Å². The zero-order chi connectivity index (χ0) is 15.6. The number of nitrogens with one attached hydrogen (secondary N) is 1. The van der Waals surface area contributed by atoms with Crippen LogP contribution in [0.15, 0.2) is 18.2 Å². The molecule has 1 saturated heterocycles. The zero-order valence-corrected chi connectivity index (χ0v) is 14.8. The fraction of sp³-hybridized carbons (Fsp3) is 0.667. The molecule has 2 unspecified atom stereocenters. The number of benzene rings is 1. The Balaban J connectivity index is 2.25. The minimum absolute atomic E-state index is 0.112. The summed E-state index contributed by atoms with van der Waals surface area (Å²) in [6.45, 7) is 13.3. The van der Waals surface area contributed by atoms with Crippen LogP contribution in [-0.4, -0.2) is 18.1 Å². The van der Waals surface area contributed by atoms with Crippen LogP contribution in [0.25, 0.3) is 0 Å². The quantitative estimate of drug-likeness (QED) is 0.858. The largest absolute Gasteiger partial charge is 0.368 e. The summed E-state index contributed by atoms with van der Waals surface area (Å²) in [4.78, 5) is 2.56. The zero-order valence-electron chi connectivity index (χ0n) is 14.0. The number of nitrogens with zero attached hydrogens (tertiary/aromatic N) is 1. The summed E-state index contributed by atoms with van der Waals surface area (Å²) in [6, 6.07) is 6.93. The van der Waals surface area contributed by atoms with Crippen molar-refractivity contribution >= 4 is 17.3 Å². The van der Waals surface area contributed by atoms with Gasteiger partial charge in [-0.15, -0.1) is 0 Å². The molecule has 0 aliphatic carbocycles. The normalized spacial score (nSPS) is 23.4. The Hall–Kier alpha value is -0.730. The first kappa shape index (κ1) is 16.6. The second-order valence-corrected chi connectivity index (χ2v) is 8.00. The van der Waals surface area contributed by atoms with Crippen molar-refractivity contribution in [3.05, 3.63) is 28.8 Å². The van der Waals surface area contributed by atoms with E-state index in [0.717, 1.165) is 24.0 Å². The number of anilines is 1. The van der Waals surface area contributed by atoms with Crippen LogP contribution < -0.4 is 10.2 Å². The van der Waals surface area contributed by atoms with Gasteiger partial charge in [-0.1, -0.05) is 18.5 Å². The summed E-state index contributed by atoms with van der Waals surface area (Å²) in [6.07, 6.45) is 2.61. The van der Waals surface area contributed by atoms with E-state index in [9.17, 15) is 0 Å². The Bertz CT molecular complexity index is 479. The lowest BCUT2D eigenvalue weighted by molar-refractivity contribution is 0.387. The molecule has 1 aliphatic heterocycles. The van der Waals surface area contributed by atoms with Crippen LogP contribution in [0, 0.1) is 5.92 Å². The minimum atomic E-state index is 0.112. The third-order valence-corrected chi connectivity index (χ3v) is 4.51. The molecule has 21 heavy (non-hydrogen) atoms. The Morgan fingerprint density at radius 3 is 2.62 bits per heavy atom. The summed E-state index contributed by atoms with van der Waals surface area (Å²) in [5.74, 6) is 0.764. The van der Waals surface area contributed by atoms with Crippen LogP contribution >= 0.6 is 11.6 Å². The van der Waals surface area contributed by atoms with Crippen LogP contribution in [0.2, 0.25) is 5.02 Å². The molecule has 0 aromatic heterocycles. The van der Waals surface area contributed by atoms with Gasteiger partial charge in [0.25, 0.3) is 0 Å². The predicted molar refractivity (Wildman–Crippen MR) is 93.3 cm³/mol. The van der Waals surface area contributed by atoms with E-state index in [4.69, 9.17) is 11.6 Å². The molecule has 1 fully saturated rings. The average Bonchev–Trinajstić information content (AvgIpc) is 2.39. The first-order valence-electron chi connectivity index (χ1n) is 8.06. The van der Waals surface area contributed by atoms with Crippen LogP contribution in [-0.2, 0) is 6.54 Å².